The third-order valence-corrected chi connectivity index (χ3v) is 1.49. The van der Waals surface area contributed by atoms with Crippen molar-refractivity contribution in [3.63, 3.8) is 0 Å². The second-order valence-electron chi connectivity index (χ2n) is 2.72. The molecule has 0 rings (SSSR count). The summed E-state index contributed by atoms with van der Waals surface area (Å²) in [5.74, 6) is -1.18. The van der Waals surface area contributed by atoms with Crippen molar-refractivity contribution in [1.82, 2.24) is 0 Å². The Balaban J connectivity index is 3.30. The summed E-state index contributed by atoms with van der Waals surface area (Å²) in [6.45, 7) is 4.61. The van der Waals surface area contributed by atoms with Crippen molar-refractivity contribution in [2.45, 2.75) is 0 Å². The number of carbonyl (C=O) groups excluding carboxylic acids is 2. The third kappa shape index (κ3) is 9.49. The fraction of sp³-hybridized carbons (Fsp3) is 0.600. The second-order valence-corrected chi connectivity index (χ2v) is 2.72. The Bertz CT molecular complexity index is 239. The van der Waals surface area contributed by atoms with Gasteiger partial charge in [0, 0.05) is 0 Å². The summed E-state index contributed by atoms with van der Waals surface area (Å²) >= 11 is 0. The van der Waals surface area contributed by atoms with E-state index in [0.29, 0.717) is 13.2 Å². The van der Waals surface area contributed by atoms with Crippen LogP contribution < -0.4 is 0 Å². The Kier molecular flexibility index (Phi) is 10.1. The molecule has 0 amide bonds. The Hall–Kier alpha value is -1.44. The molecule has 0 radical (unpaired) electrons. The summed E-state index contributed by atoms with van der Waals surface area (Å²) in [5, 5.41) is 8.40. The van der Waals surface area contributed by atoms with Crippen LogP contribution in [0.4, 0.5) is 0 Å². The molecule has 0 atom stereocenters. The van der Waals surface area contributed by atoms with Crippen molar-refractivity contribution in [2.75, 3.05) is 39.6 Å². The van der Waals surface area contributed by atoms with Crippen molar-refractivity contribution in [3.8, 4) is 0 Å². The van der Waals surface area contributed by atoms with Crippen LogP contribution in [0, 0.1) is 0 Å². The van der Waals surface area contributed by atoms with Crippen molar-refractivity contribution >= 4 is 12.4 Å². The van der Waals surface area contributed by atoms with Gasteiger partial charge in [0.25, 0.3) is 0 Å². The largest absolute Gasteiger partial charge is 0.484 e. The number of aliphatic hydroxyl groups is 1. The average Bonchev–Trinajstić information content (AvgIpc) is 2.32. The average molecular weight is 248 g/mol. The molecule has 0 unspecified atom stereocenters. The standard InChI is InChI=1S/C10H16O7/c1-9(10(13)17-8-12)16-7-6-15-5-4-14-3-2-11/h8,11H,1-7H2. The van der Waals surface area contributed by atoms with Crippen LogP contribution in [0.3, 0.4) is 0 Å². The highest BCUT2D eigenvalue weighted by molar-refractivity contribution is 5.89. The Morgan fingerprint density at radius 2 is 1.71 bits per heavy atom. The van der Waals surface area contributed by atoms with Gasteiger partial charge in [-0.1, -0.05) is 0 Å². The van der Waals surface area contributed by atoms with Crippen LogP contribution in [-0.2, 0) is 28.5 Å². The highest BCUT2D eigenvalue weighted by Gasteiger charge is 2.08. The van der Waals surface area contributed by atoms with Crippen LogP contribution in [-0.4, -0.2) is 57.2 Å². The molecule has 0 aliphatic rings. The van der Waals surface area contributed by atoms with Gasteiger partial charge in [-0.05, 0) is 6.58 Å². The first-order chi connectivity index (χ1) is 8.22. The second kappa shape index (κ2) is 11.1. The van der Waals surface area contributed by atoms with E-state index in [2.05, 4.69) is 11.3 Å². The quantitative estimate of drug-likeness (QED) is 0.128. The molecule has 0 aliphatic heterocycles. The molecule has 1 N–H and O–H groups in total. The molecule has 0 bridgehead atoms. The Morgan fingerprint density at radius 1 is 1.12 bits per heavy atom. The topological polar surface area (TPSA) is 91.3 Å². The highest BCUT2D eigenvalue weighted by Crippen LogP contribution is 1.95. The SMILES string of the molecule is C=C(OCCOCCOCCO)C(=O)OC=O. The maximum atomic E-state index is 10.8. The smallest absolute Gasteiger partial charge is 0.380 e. The van der Waals surface area contributed by atoms with Gasteiger partial charge in [-0.2, -0.15) is 0 Å². The first-order valence-corrected chi connectivity index (χ1v) is 4.95. The third-order valence-electron chi connectivity index (χ3n) is 1.49. The van der Waals surface area contributed by atoms with Crippen molar-refractivity contribution in [3.05, 3.63) is 12.3 Å². The van der Waals surface area contributed by atoms with Gasteiger partial charge in [0.1, 0.15) is 6.61 Å². The van der Waals surface area contributed by atoms with Gasteiger partial charge in [0.05, 0.1) is 33.0 Å². The van der Waals surface area contributed by atoms with Crippen LogP contribution in [0.25, 0.3) is 0 Å². The Labute approximate surface area is 98.9 Å². The minimum atomic E-state index is -0.925. The van der Waals surface area contributed by atoms with Crippen molar-refractivity contribution < 1.29 is 33.6 Å². The molecule has 0 aromatic heterocycles. The maximum Gasteiger partial charge on any atom is 0.380 e. The number of ether oxygens (including phenoxy) is 4. The molecule has 0 aromatic carbocycles. The molecule has 7 nitrogen and oxygen atoms in total. The monoisotopic (exact) mass is 248 g/mol. The summed E-state index contributed by atoms with van der Waals surface area (Å²) in [4.78, 5) is 20.6. The fourth-order valence-corrected chi connectivity index (χ4v) is 0.779. The summed E-state index contributed by atoms with van der Waals surface area (Å²) in [7, 11) is 0. The van der Waals surface area contributed by atoms with Gasteiger partial charge >= 0.3 is 12.4 Å². The van der Waals surface area contributed by atoms with Crippen LogP contribution in [0.15, 0.2) is 12.3 Å². The maximum absolute atomic E-state index is 10.8. The van der Waals surface area contributed by atoms with Crippen LogP contribution in [0.1, 0.15) is 0 Å². The van der Waals surface area contributed by atoms with Crippen LogP contribution in [0.5, 0.6) is 0 Å². The molecular formula is C10H16O7. The molecule has 7 heteroatoms. The molecule has 17 heavy (non-hydrogen) atoms. The number of aliphatic hydroxyl groups excluding tert-OH is 1. The van der Waals surface area contributed by atoms with Gasteiger partial charge in [-0.25, -0.2) is 4.79 Å². The van der Waals surface area contributed by atoms with Gasteiger partial charge in [-0.3, -0.25) is 4.79 Å². The molecule has 0 aliphatic carbocycles. The van der Waals surface area contributed by atoms with E-state index in [0.717, 1.165) is 0 Å². The lowest BCUT2D eigenvalue weighted by Gasteiger charge is -2.07. The normalized spacial score (nSPS) is 9.71. The van der Waals surface area contributed by atoms with E-state index in [1.54, 1.807) is 0 Å². The lowest BCUT2D eigenvalue weighted by atomic mass is 10.5. The molecule has 0 saturated heterocycles. The van der Waals surface area contributed by atoms with Crippen LogP contribution >= 0.6 is 0 Å². The zero-order valence-electron chi connectivity index (χ0n) is 9.42. The molecule has 0 saturated carbocycles. The number of rotatable bonds is 11. The van der Waals surface area contributed by atoms with Gasteiger partial charge in [-0.15, -0.1) is 0 Å². The number of hydrogen-bond acceptors (Lipinski definition) is 7. The molecule has 0 spiro atoms. The summed E-state index contributed by atoms with van der Waals surface area (Å²) in [6, 6.07) is 0. The molecule has 0 aromatic rings. The lowest BCUT2D eigenvalue weighted by Crippen LogP contribution is -2.13. The van der Waals surface area contributed by atoms with E-state index in [9.17, 15) is 9.59 Å². The van der Waals surface area contributed by atoms with E-state index in [1.165, 1.54) is 0 Å². The predicted molar refractivity (Wildman–Crippen MR) is 56.0 cm³/mol. The predicted octanol–water partition coefficient (Wildman–Crippen LogP) is -0.758. The zero-order valence-corrected chi connectivity index (χ0v) is 9.42. The fourth-order valence-electron chi connectivity index (χ4n) is 0.779. The molecule has 98 valence electrons. The van der Waals surface area contributed by atoms with E-state index in [1.807, 2.05) is 0 Å². The van der Waals surface area contributed by atoms with E-state index in [-0.39, 0.29) is 38.7 Å². The van der Waals surface area contributed by atoms with E-state index >= 15 is 0 Å². The molecule has 0 heterocycles. The minimum absolute atomic E-state index is 0.00582. The first kappa shape index (κ1) is 15.6. The van der Waals surface area contributed by atoms with Gasteiger partial charge < -0.3 is 24.1 Å². The van der Waals surface area contributed by atoms with Gasteiger partial charge in [0.15, 0.2) is 5.76 Å². The first-order valence-electron chi connectivity index (χ1n) is 4.95. The summed E-state index contributed by atoms with van der Waals surface area (Å²) < 4.78 is 18.9. The minimum Gasteiger partial charge on any atom is -0.484 e. The summed E-state index contributed by atoms with van der Waals surface area (Å²) in [5.41, 5.74) is 0. The van der Waals surface area contributed by atoms with Crippen molar-refractivity contribution in [2.24, 2.45) is 0 Å². The Morgan fingerprint density at radius 3 is 2.29 bits per heavy atom. The summed E-state index contributed by atoms with van der Waals surface area (Å²) in [6.07, 6.45) is 0. The van der Waals surface area contributed by atoms with Crippen LogP contribution in [0.2, 0.25) is 0 Å². The molecule has 0 fully saturated rings. The molecular weight excluding hydrogens is 232 g/mol. The highest BCUT2D eigenvalue weighted by atomic mass is 16.6. The number of hydrogen-bond donors (Lipinski definition) is 1. The van der Waals surface area contributed by atoms with E-state index < -0.39 is 5.97 Å². The lowest BCUT2D eigenvalue weighted by molar-refractivity contribution is -0.151. The zero-order chi connectivity index (χ0) is 12.9. The van der Waals surface area contributed by atoms with Crippen molar-refractivity contribution in [1.29, 1.82) is 0 Å². The van der Waals surface area contributed by atoms with E-state index in [4.69, 9.17) is 19.3 Å². The van der Waals surface area contributed by atoms with Gasteiger partial charge in [0.2, 0.25) is 0 Å². The number of carbonyl (C=O) groups is 2. The number of esters is 1.